The molecule has 0 aliphatic rings. The number of nitrogen functional groups attached to an aromatic ring is 1. The molecule has 0 aliphatic carbocycles. The number of ether oxygens (including phenoxy) is 1. The predicted octanol–water partition coefficient (Wildman–Crippen LogP) is 2.96. The number of halogens is 1. The van der Waals surface area contributed by atoms with Crippen LogP contribution in [-0.2, 0) is 11.3 Å². The van der Waals surface area contributed by atoms with Gasteiger partial charge in [-0.2, -0.15) is 0 Å². The topological polar surface area (TPSA) is 35.2 Å². The summed E-state index contributed by atoms with van der Waals surface area (Å²) in [6.07, 6.45) is 0.254. The molecular weight excluding hydrogens is 230 g/mol. The van der Waals surface area contributed by atoms with Crippen LogP contribution in [0.15, 0.2) is 22.7 Å². The van der Waals surface area contributed by atoms with Gasteiger partial charge in [-0.1, -0.05) is 22.0 Å². The van der Waals surface area contributed by atoms with Crippen LogP contribution in [-0.4, -0.2) is 6.10 Å². The van der Waals surface area contributed by atoms with Crippen molar-refractivity contribution in [3.63, 3.8) is 0 Å². The molecule has 0 unspecified atom stereocenters. The van der Waals surface area contributed by atoms with Gasteiger partial charge in [0.15, 0.2) is 0 Å². The first-order valence-electron chi connectivity index (χ1n) is 4.25. The van der Waals surface area contributed by atoms with Gasteiger partial charge in [-0.25, -0.2) is 0 Å². The van der Waals surface area contributed by atoms with Crippen molar-refractivity contribution in [2.24, 2.45) is 0 Å². The Labute approximate surface area is 87.2 Å². The van der Waals surface area contributed by atoms with Crippen molar-refractivity contribution in [2.75, 3.05) is 5.73 Å². The van der Waals surface area contributed by atoms with Crippen LogP contribution in [0.25, 0.3) is 0 Å². The molecule has 1 aromatic carbocycles. The lowest BCUT2D eigenvalue weighted by atomic mass is 10.2. The summed E-state index contributed by atoms with van der Waals surface area (Å²) in [6.45, 7) is 4.66. The molecule has 0 saturated carbocycles. The second-order valence-electron chi connectivity index (χ2n) is 3.21. The summed E-state index contributed by atoms with van der Waals surface area (Å²) in [4.78, 5) is 0. The summed E-state index contributed by atoms with van der Waals surface area (Å²) in [6, 6.07) is 5.74. The third-order valence-corrected chi connectivity index (χ3v) is 2.39. The standard InChI is InChI=1S/C10H14BrNO/c1-7(2)13-6-8-3-4-9(12)5-10(8)11/h3-5,7H,6,12H2,1-2H3. The second kappa shape index (κ2) is 4.63. The van der Waals surface area contributed by atoms with E-state index in [1.165, 1.54) is 0 Å². The molecule has 1 rings (SSSR count). The Hall–Kier alpha value is -0.540. The second-order valence-corrected chi connectivity index (χ2v) is 4.06. The van der Waals surface area contributed by atoms with Gasteiger partial charge in [0, 0.05) is 10.2 Å². The molecule has 2 nitrogen and oxygen atoms in total. The molecule has 0 fully saturated rings. The summed E-state index contributed by atoms with van der Waals surface area (Å²) in [5, 5.41) is 0. The molecule has 13 heavy (non-hydrogen) atoms. The number of nitrogens with two attached hydrogens (primary N) is 1. The maximum Gasteiger partial charge on any atom is 0.0731 e. The Morgan fingerprint density at radius 2 is 2.15 bits per heavy atom. The minimum Gasteiger partial charge on any atom is -0.399 e. The van der Waals surface area contributed by atoms with Crippen LogP contribution < -0.4 is 5.73 Å². The predicted molar refractivity (Wildman–Crippen MR) is 58.5 cm³/mol. The fraction of sp³-hybridized carbons (Fsp3) is 0.400. The van der Waals surface area contributed by atoms with Crippen LogP contribution in [0.4, 0.5) is 5.69 Å². The molecule has 0 amide bonds. The van der Waals surface area contributed by atoms with E-state index in [1.807, 2.05) is 32.0 Å². The van der Waals surface area contributed by atoms with E-state index in [9.17, 15) is 0 Å². The van der Waals surface area contributed by atoms with E-state index < -0.39 is 0 Å². The summed E-state index contributed by atoms with van der Waals surface area (Å²) in [5.41, 5.74) is 7.50. The van der Waals surface area contributed by atoms with Crippen LogP contribution in [0.3, 0.4) is 0 Å². The van der Waals surface area contributed by atoms with Gasteiger partial charge in [0.1, 0.15) is 0 Å². The molecule has 0 bridgehead atoms. The Balaban J connectivity index is 2.67. The Morgan fingerprint density at radius 3 is 2.69 bits per heavy atom. The Morgan fingerprint density at radius 1 is 1.46 bits per heavy atom. The highest BCUT2D eigenvalue weighted by Crippen LogP contribution is 2.20. The van der Waals surface area contributed by atoms with Gasteiger partial charge in [-0.3, -0.25) is 0 Å². The lowest BCUT2D eigenvalue weighted by molar-refractivity contribution is 0.0654. The molecule has 0 aliphatic heterocycles. The summed E-state index contributed by atoms with van der Waals surface area (Å²) >= 11 is 3.44. The van der Waals surface area contributed by atoms with Crippen molar-refractivity contribution in [3.05, 3.63) is 28.2 Å². The zero-order valence-corrected chi connectivity index (χ0v) is 9.47. The minimum absolute atomic E-state index is 0.254. The average Bonchev–Trinajstić information content (AvgIpc) is 2.02. The smallest absolute Gasteiger partial charge is 0.0731 e. The highest BCUT2D eigenvalue weighted by molar-refractivity contribution is 9.10. The molecule has 3 heteroatoms. The lowest BCUT2D eigenvalue weighted by Crippen LogP contribution is -2.02. The highest BCUT2D eigenvalue weighted by Gasteiger charge is 2.01. The minimum atomic E-state index is 0.254. The molecule has 0 atom stereocenters. The maximum atomic E-state index is 5.61. The van der Waals surface area contributed by atoms with Crippen molar-refractivity contribution < 1.29 is 4.74 Å². The van der Waals surface area contributed by atoms with E-state index in [4.69, 9.17) is 10.5 Å². The zero-order chi connectivity index (χ0) is 9.84. The van der Waals surface area contributed by atoms with E-state index in [2.05, 4.69) is 15.9 Å². The fourth-order valence-corrected chi connectivity index (χ4v) is 1.45. The first kappa shape index (κ1) is 10.5. The third-order valence-electron chi connectivity index (χ3n) is 1.65. The Bertz CT molecular complexity index is 286. The monoisotopic (exact) mass is 243 g/mol. The van der Waals surface area contributed by atoms with Crippen LogP contribution in [0, 0.1) is 0 Å². The Kier molecular flexibility index (Phi) is 3.75. The molecule has 0 aromatic heterocycles. The van der Waals surface area contributed by atoms with E-state index >= 15 is 0 Å². The van der Waals surface area contributed by atoms with Gasteiger partial charge in [0.05, 0.1) is 12.7 Å². The number of hydrogen-bond acceptors (Lipinski definition) is 2. The average molecular weight is 244 g/mol. The van der Waals surface area contributed by atoms with Crippen LogP contribution >= 0.6 is 15.9 Å². The highest BCUT2D eigenvalue weighted by atomic mass is 79.9. The van der Waals surface area contributed by atoms with Crippen LogP contribution in [0.2, 0.25) is 0 Å². The quantitative estimate of drug-likeness (QED) is 0.829. The lowest BCUT2D eigenvalue weighted by Gasteiger charge is -2.09. The van der Waals surface area contributed by atoms with E-state index in [0.29, 0.717) is 6.61 Å². The number of benzene rings is 1. The van der Waals surface area contributed by atoms with Crippen molar-refractivity contribution >= 4 is 21.6 Å². The first-order chi connectivity index (χ1) is 6.09. The maximum absolute atomic E-state index is 5.61. The first-order valence-corrected chi connectivity index (χ1v) is 5.04. The molecular formula is C10H14BrNO. The number of rotatable bonds is 3. The van der Waals surface area contributed by atoms with Gasteiger partial charge < -0.3 is 10.5 Å². The zero-order valence-electron chi connectivity index (χ0n) is 7.88. The third kappa shape index (κ3) is 3.36. The number of anilines is 1. The van der Waals surface area contributed by atoms with Crippen molar-refractivity contribution in [3.8, 4) is 0 Å². The SMILES string of the molecule is CC(C)OCc1ccc(N)cc1Br. The summed E-state index contributed by atoms with van der Waals surface area (Å²) in [5.74, 6) is 0. The van der Waals surface area contributed by atoms with Gasteiger partial charge >= 0.3 is 0 Å². The molecule has 0 saturated heterocycles. The van der Waals surface area contributed by atoms with E-state index in [1.54, 1.807) is 0 Å². The van der Waals surface area contributed by atoms with E-state index in [-0.39, 0.29) is 6.10 Å². The largest absolute Gasteiger partial charge is 0.399 e. The number of hydrogen-bond donors (Lipinski definition) is 1. The van der Waals surface area contributed by atoms with Gasteiger partial charge in [0.2, 0.25) is 0 Å². The fourth-order valence-electron chi connectivity index (χ4n) is 0.937. The molecule has 0 heterocycles. The van der Waals surface area contributed by atoms with Crippen LogP contribution in [0.5, 0.6) is 0 Å². The summed E-state index contributed by atoms with van der Waals surface area (Å²) < 4.78 is 6.49. The molecule has 1 aromatic rings. The summed E-state index contributed by atoms with van der Waals surface area (Å²) in [7, 11) is 0. The van der Waals surface area contributed by atoms with Crippen LogP contribution in [0.1, 0.15) is 19.4 Å². The van der Waals surface area contributed by atoms with Gasteiger partial charge in [-0.05, 0) is 31.5 Å². The molecule has 2 N–H and O–H groups in total. The van der Waals surface area contributed by atoms with E-state index in [0.717, 1.165) is 15.7 Å². The van der Waals surface area contributed by atoms with Gasteiger partial charge in [-0.15, -0.1) is 0 Å². The molecule has 72 valence electrons. The molecule has 0 radical (unpaired) electrons. The van der Waals surface area contributed by atoms with Gasteiger partial charge in [0.25, 0.3) is 0 Å². The normalized spacial score (nSPS) is 10.8. The van der Waals surface area contributed by atoms with Crippen molar-refractivity contribution in [1.82, 2.24) is 0 Å². The van der Waals surface area contributed by atoms with Crippen molar-refractivity contribution in [1.29, 1.82) is 0 Å². The molecule has 0 spiro atoms. The van der Waals surface area contributed by atoms with Crippen molar-refractivity contribution in [2.45, 2.75) is 26.6 Å².